The van der Waals surface area contributed by atoms with E-state index in [1.807, 2.05) is 18.2 Å². The lowest BCUT2D eigenvalue weighted by molar-refractivity contribution is -0.271. The van der Waals surface area contributed by atoms with E-state index < -0.39 is 17.7 Å². The summed E-state index contributed by atoms with van der Waals surface area (Å²) in [4.78, 5) is 14.8. The fourth-order valence-corrected chi connectivity index (χ4v) is 6.11. The van der Waals surface area contributed by atoms with Crippen molar-refractivity contribution in [3.05, 3.63) is 70.2 Å². The van der Waals surface area contributed by atoms with Gasteiger partial charge in [-0.1, -0.05) is 64.5 Å². The largest absolute Gasteiger partial charge is 0.430 e. The number of likely N-dealkylation sites (tertiary alicyclic amines) is 1. The van der Waals surface area contributed by atoms with Crippen LogP contribution in [0.15, 0.2) is 59.1 Å². The number of nitrogens with zero attached hydrogens (tertiary/aromatic N) is 1. The second-order valence-electron chi connectivity index (χ2n) is 8.93. The number of hydrogen-bond acceptors (Lipinski definition) is 3. The molecular weight excluding hydrogens is 497 g/mol. The quantitative estimate of drug-likeness (QED) is 0.594. The minimum atomic E-state index is -4.89. The van der Waals surface area contributed by atoms with Gasteiger partial charge < -0.3 is 15.0 Å². The van der Waals surface area contributed by atoms with Crippen LogP contribution >= 0.6 is 15.9 Å². The van der Waals surface area contributed by atoms with Gasteiger partial charge in [0.15, 0.2) is 0 Å². The molecule has 0 aromatic heterocycles. The van der Waals surface area contributed by atoms with Crippen molar-refractivity contribution >= 4 is 21.8 Å². The van der Waals surface area contributed by atoms with Crippen molar-refractivity contribution in [1.29, 1.82) is 0 Å². The van der Waals surface area contributed by atoms with Crippen molar-refractivity contribution in [3.8, 4) is 0 Å². The average Bonchev–Trinajstić information content (AvgIpc) is 2.81. The molecular formula is C25H28BrF3N2O2. The molecule has 4 rings (SSSR count). The molecule has 0 saturated carbocycles. The van der Waals surface area contributed by atoms with E-state index in [4.69, 9.17) is 4.74 Å². The summed E-state index contributed by atoms with van der Waals surface area (Å²) < 4.78 is 49.1. The molecule has 1 N–H and O–H groups in total. The van der Waals surface area contributed by atoms with Gasteiger partial charge in [-0.05, 0) is 42.9 Å². The summed E-state index contributed by atoms with van der Waals surface area (Å²) in [5.74, 6) is -0.812. The van der Waals surface area contributed by atoms with Crippen molar-refractivity contribution in [3.63, 3.8) is 0 Å². The molecule has 33 heavy (non-hydrogen) atoms. The summed E-state index contributed by atoms with van der Waals surface area (Å²) in [7, 11) is 0.958. The lowest BCUT2D eigenvalue weighted by Gasteiger charge is -2.51. The SMILES string of the molecule is CO[C@@](C(=O)N1CCC2(CCNC[C@@H]2c2ccccc2Br)CC1)(c1ccccc1)C(F)(F)F. The van der Waals surface area contributed by atoms with E-state index in [-0.39, 0.29) is 30.0 Å². The third kappa shape index (κ3) is 4.21. The molecule has 2 saturated heterocycles. The van der Waals surface area contributed by atoms with E-state index >= 15 is 0 Å². The number of rotatable bonds is 4. The van der Waals surface area contributed by atoms with Gasteiger partial charge in [-0.15, -0.1) is 0 Å². The monoisotopic (exact) mass is 524 g/mol. The zero-order valence-corrected chi connectivity index (χ0v) is 20.1. The van der Waals surface area contributed by atoms with E-state index in [0.717, 1.165) is 31.1 Å². The molecule has 178 valence electrons. The highest BCUT2D eigenvalue weighted by Gasteiger charge is 2.64. The molecule has 2 atom stereocenters. The number of halogens is 4. The highest BCUT2D eigenvalue weighted by Crippen LogP contribution is 2.51. The van der Waals surface area contributed by atoms with Gasteiger partial charge in [0, 0.05) is 42.7 Å². The van der Waals surface area contributed by atoms with Gasteiger partial charge in [0.2, 0.25) is 0 Å². The van der Waals surface area contributed by atoms with E-state index in [1.165, 1.54) is 34.7 Å². The van der Waals surface area contributed by atoms with Gasteiger partial charge in [0.25, 0.3) is 11.5 Å². The molecule has 2 aliphatic rings. The number of hydrogen-bond donors (Lipinski definition) is 1. The lowest BCUT2D eigenvalue weighted by Crippen LogP contribution is -2.59. The molecule has 2 fully saturated rings. The Hall–Kier alpha value is -1.90. The molecule has 0 aliphatic carbocycles. The number of nitrogens with one attached hydrogen (secondary N) is 1. The van der Waals surface area contributed by atoms with Crippen molar-refractivity contribution in [2.24, 2.45) is 5.41 Å². The Morgan fingerprint density at radius 3 is 2.30 bits per heavy atom. The van der Waals surface area contributed by atoms with Crippen LogP contribution in [-0.4, -0.2) is 50.3 Å². The van der Waals surface area contributed by atoms with E-state index in [1.54, 1.807) is 6.07 Å². The maximum absolute atomic E-state index is 14.4. The van der Waals surface area contributed by atoms with Crippen LogP contribution < -0.4 is 5.32 Å². The number of piperidine rings is 2. The Morgan fingerprint density at radius 2 is 1.70 bits per heavy atom. The summed E-state index contributed by atoms with van der Waals surface area (Å²) >= 11 is 3.67. The van der Waals surface area contributed by atoms with Crippen LogP contribution in [0.2, 0.25) is 0 Å². The smallest absolute Gasteiger partial charge is 0.356 e. The van der Waals surface area contributed by atoms with Crippen molar-refractivity contribution < 1.29 is 22.7 Å². The fraction of sp³-hybridized carbons (Fsp3) is 0.480. The highest BCUT2D eigenvalue weighted by atomic mass is 79.9. The first-order valence-electron chi connectivity index (χ1n) is 11.2. The van der Waals surface area contributed by atoms with Crippen LogP contribution in [0.1, 0.15) is 36.3 Å². The zero-order valence-electron chi connectivity index (χ0n) is 18.5. The number of benzene rings is 2. The normalized spacial score (nSPS) is 22.7. The third-order valence-electron chi connectivity index (χ3n) is 7.40. The predicted octanol–water partition coefficient (Wildman–Crippen LogP) is 5.24. The molecule has 2 heterocycles. The summed E-state index contributed by atoms with van der Waals surface area (Å²) in [6.45, 7) is 2.22. The Morgan fingerprint density at radius 1 is 1.06 bits per heavy atom. The maximum Gasteiger partial charge on any atom is 0.430 e. The first-order chi connectivity index (χ1) is 15.7. The van der Waals surface area contributed by atoms with Crippen LogP contribution in [0.4, 0.5) is 13.2 Å². The van der Waals surface area contributed by atoms with Gasteiger partial charge in [0.1, 0.15) is 0 Å². The van der Waals surface area contributed by atoms with Crippen LogP contribution in [0.5, 0.6) is 0 Å². The number of amides is 1. The highest BCUT2D eigenvalue weighted by molar-refractivity contribution is 9.10. The lowest BCUT2D eigenvalue weighted by atomic mass is 9.62. The third-order valence-corrected chi connectivity index (χ3v) is 8.12. The molecule has 2 aromatic rings. The maximum atomic E-state index is 14.4. The van der Waals surface area contributed by atoms with Gasteiger partial charge in [0.05, 0.1) is 0 Å². The summed E-state index contributed by atoms with van der Waals surface area (Å²) in [6.07, 6.45) is -2.66. The van der Waals surface area contributed by atoms with Gasteiger partial charge in [-0.3, -0.25) is 4.79 Å². The Kier molecular flexibility index (Phi) is 6.90. The number of ether oxygens (including phenoxy) is 1. The Bertz CT molecular complexity index is 977. The minimum Gasteiger partial charge on any atom is -0.356 e. The second-order valence-corrected chi connectivity index (χ2v) is 9.79. The standard InChI is InChI=1S/C25H28BrF3N2O2/c1-33-24(25(27,28)29,18-7-3-2-4-8-18)22(32)31-15-12-23(13-16-31)11-14-30-17-20(23)19-9-5-6-10-21(19)26/h2-10,20,30H,11-17H2,1H3/t20-,24-/m1/s1. The average molecular weight is 525 g/mol. The molecule has 0 unspecified atom stereocenters. The van der Waals surface area contributed by atoms with Crippen LogP contribution in [0, 0.1) is 5.41 Å². The molecule has 1 spiro atoms. The van der Waals surface area contributed by atoms with Crippen molar-refractivity contribution in [2.75, 3.05) is 33.3 Å². The van der Waals surface area contributed by atoms with E-state index in [0.29, 0.717) is 12.8 Å². The minimum absolute atomic E-state index is 0.0629. The first kappa shape index (κ1) is 24.2. The second kappa shape index (κ2) is 9.39. The van der Waals surface area contributed by atoms with Gasteiger partial charge in [-0.25, -0.2) is 0 Å². The van der Waals surface area contributed by atoms with Crippen LogP contribution in [0.25, 0.3) is 0 Å². The van der Waals surface area contributed by atoms with Crippen molar-refractivity contribution in [1.82, 2.24) is 10.2 Å². The van der Waals surface area contributed by atoms with Crippen LogP contribution in [0.3, 0.4) is 0 Å². The van der Waals surface area contributed by atoms with E-state index in [2.05, 4.69) is 27.3 Å². The molecule has 1 amide bonds. The topological polar surface area (TPSA) is 41.6 Å². The zero-order chi connectivity index (χ0) is 23.7. The first-order valence-corrected chi connectivity index (χ1v) is 12.0. The molecule has 8 heteroatoms. The molecule has 2 aliphatic heterocycles. The number of alkyl halides is 3. The Balaban J connectivity index is 1.61. The molecule has 2 aromatic carbocycles. The number of carbonyl (C=O) groups excluding carboxylic acids is 1. The molecule has 0 bridgehead atoms. The van der Waals surface area contributed by atoms with Crippen LogP contribution in [-0.2, 0) is 15.1 Å². The van der Waals surface area contributed by atoms with Crippen molar-refractivity contribution in [2.45, 2.75) is 37.0 Å². The predicted molar refractivity (Wildman–Crippen MR) is 124 cm³/mol. The fourth-order valence-electron chi connectivity index (χ4n) is 5.55. The number of carbonyl (C=O) groups is 1. The summed E-state index contributed by atoms with van der Waals surface area (Å²) in [6, 6.07) is 15.3. The number of methoxy groups -OCH3 is 1. The molecule has 0 radical (unpaired) electrons. The molecule has 4 nitrogen and oxygen atoms in total. The summed E-state index contributed by atoms with van der Waals surface area (Å²) in [5, 5.41) is 3.47. The van der Waals surface area contributed by atoms with Gasteiger partial charge in [-0.2, -0.15) is 13.2 Å². The summed E-state index contributed by atoms with van der Waals surface area (Å²) in [5.41, 5.74) is -2.06. The van der Waals surface area contributed by atoms with Gasteiger partial charge >= 0.3 is 6.18 Å². The van der Waals surface area contributed by atoms with E-state index in [9.17, 15) is 18.0 Å². The Labute approximate surface area is 200 Å².